The Morgan fingerprint density at radius 3 is 2.78 bits per heavy atom. The molecule has 1 aliphatic rings. The highest BCUT2D eigenvalue weighted by Gasteiger charge is 2.41. The standard InChI is InChI=1S/C22H18ClN5O4/c1-22(6-7-22)32-21(30)26-13-10-16-19(24-11-13)28-18(27-16)14-9-12(4-5-15(14)23)25-20(29)17-3-2-8-31-17/h2-5,8-11H,6-7H2,1H3,(H,25,29)(H,26,30)(H,24,27,28). The van der Waals surface area contributed by atoms with Crippen molar-refractivity contribution in [2.24, 2.45) is 0 Å². The van der Waals surface area contributed by atoms with Gasteiger partial charge >= 0.3 is 6.09 Å². The van der Waals surface area contributed by atoms with Crippen LogP contribution in [0.3, 0.4) is 0 Å². The Labute approximate surface area is 187 Å². The summed E-state index contributed by atoms with van der Waals surface area (Å²) in [4.78, 5) is 36.2. The van der Waals surface area contributed by atoms with Gasteiger partial charge in [0.05, 0.1) is 28.7 Å². The molecule has 1 aromatic carbocycles. The molecule has 0 aliphatic heterocycles. The van der Waals surface area contributed by atoms with E-state index in [1.165, 1.54) is 12.5 Å². The number of amides is 2. The number of pyridine rings is 1. The Bertz CT molecular complexity index is 1330. The van der Waals surface area contributed by atoms with Crippen molar-refractivity contribution in [2.75, 3.05) is 10.6 Å². The lowest BCUT2D eigenvalue weighted by Gasteiger charge is -2.11. The van der Waals surface area contributed by atoms with Crippen LogP contribution in [-0.4, -0.2) is 32.6 Å². The molecule has 9 nitrogen and oxygen atoms in total. The summed E-state index contributed by atoms with van der Waals surface area (Å²) >= 11 is 6.38. The first-order valence-electron chi connectivity index (χ1n) is 9.89. The molecule has 0 atom stereocenters. The number of rotatable bonds is 5. The van der Waals surface area contributed by atoms with Crippen LogP contribution in [0.25, 0.3) is 22.6 Å². The molecular formula is C22H18ClN5O4. The predicted molar refractivity (Wildman–Crippen MR) is 119 cm³/mol. The molecule has 3 aromatic heterocycles. The Balaban J connectivity index is 1.38. The number of nitrogens with zero attached hydrogens (tertiary/aromatic N) is 2. The smallest absolute Gasteiger partial charge is 0.412 e. The van der Waals surface area contributed by atoms with Crippen LogP contribution in [0.4, 0.5) is 16.2 Å². The van der Waals surface area contributed by atoms with Gasteiger partial charge in [0.25, 0.3) is 5.91 Å². The number of benzene rings is 1. The first kappa shape index (κ1) is 20.1. The van der Waals surface area contributed by atoms with E-state index in [4.69, 9.17) is 20.8 Å². The second-order valence-electron chi connectivity index (χ2n) is 7.77. The fourth-order valence-electron chi connectivity index (χ4n) is 3.13. The zero-order chi connectivity index (χ0) is 22.3. The second kappa shape index (κ2) is 7.69. The first-order chi connectivity index (χ1) is 15.4. The molecule has 3 heterocycles. The quantitative estimate of drug-likeness (QED) is 0.382. The van der Waals surface area contributed by atoms with E-state index in [9.17, 15) is 9.59 Å². The van der Waals surface area contributed by atoms with Gasteiger partial charge < -0.3 is 19.5 Å². The zero-order valence-electron chi connectivity index (χ0n) is 16.9. The SMILES string of the molecule is CC1(OC(=O)Nc2cnc3nc(-c4cc(NC(=O)c5ccco5)ccc4Cl)[nH]c3c2)CC1. The van der Waals surface area contributed by atoms with Crippen LogP contribution in [-0.2, 0) is 4.74 Å². The van der Waals surface area contributed by atoms with Crippen LogP contribution in [0.2, 0.25) is 5.02 Å². The molecule has 32 heavy (non-hydrogen) atoms. The van der Waals surface area contributed by atoms with Gasteiger partial charge in [-0.15, -0.1) is 0 Å². The number of carbonyl (C=O) groups excluding carboxylic acids is 2. The summed E-state index contributed by atoms with van der Waals surface area (Å²) in [7, 11) is 0. The highest BCUT2D eigenvalue weighted by Crippen LogP contribution is 2.39. The van der Waals surface area contributed by atoms with E-state index >= 15 is 0 Å². The lowest BCUT2D eigenvalue weighted by molar-refractivity contribution is 0.0995. The van der Waals surface area contributed by atoms with Crippen LogP contribution in [0.15, 0.2) is 53.3 Å². The van der Waals surface area contributed by atoms with E-state index in [1.807, 2.05) is 6.92 Å². The molecule has 0 spiro atoms. The van der Waals surface area contributed by atoms with Crippen molar-refractivity contribution < 1.29 is 18.7 Å². The molecule has 0 radical (unpaired) electrons. The number of aromatic amines is 1. The van der Waals surface area contributed by atoms with Crippen molar-refractivity contribution in [3.8, 4) is 11.4 Å². The summed E-state index contributed by atoms with van der Waals surface area (Å²) in [5, 5.41) is 5.89. The number of imidazole rings is 1. The number of nitrogens with one attached hydrogen (secondary N) is 3. The van der Waals surface area contributed by atoms with Gasteiger partial charge in [-0.05, 0) is 56.2 Å². The minimum Gasteiger partial charge on any atom is -0.459 e. The third kappa shape index (κ3) is 4.15. The van der Waals surface area contributed by atoms with Gasteiger partial charge in [0.1, 0.15) is 11.4 Å². The number of H-pyrrole nitrogens is 1. The third-order valence-corrected chi connectivity index (χ3v) is 5.43. The highest BCUT2D eigenvalue weighted by molar-refractivity contribution is 6.33. The maximum Gasteiger partial charge on any atom is 0.412 e. The number of hydrogen-bond acceptors (Lipinski definition) is 6. The Hall–Kier alpha value is -3.85. The summed E-state index contributed by atoms with van der Waals surface area (Å²) < 4.78 is 10.5. The van der Waals surface area contributed by atoms with Crippen molar-refractivity contribution in [2.45, 2.75) is 25.4 Å². The third-order valence-electron chi connectivity index (χ3n) is 5.10. The lowest BCUT2D eigenvalue weighted by Crippen LogP contribution is -2.21. The van der Waals surface area contributed by atoms with Crippen LogP contribution < -0.4 is 10.6 Å². The van der Waals surface area contributed by atoms with E-state index in [1.54, 1.807) is 36.4 Å². The first-order valence-corrected chi connectivity index (χ1v) is 10.3. The van der Waals surface area contributed by atoms with Crippen molar-refractivity contribution in [1.82, 2.24) is 15.0 Å². The average molecular weight is 452 g/mol. The van der Waals surface area contributed by atoms with Gasteiger partial charge in [-0.3, -0.25) is 10.1 Å². The van der Waals surface area contributed by atoms with Crippen LogP contribution in [0.5, 0.6) is 0 Å². The number of anilines is 2. The summed E-state index contributed by atoms with van der Waals surface area (Å²) in [5.41, 5.74) is 2.28. The number of ether oxygens (including phenoxy) is 1. The fraction of sp³-hybridized carbons (Fsp3) is 0.182. The van der Waals surface area contributed by atoms with Gasteiger partial charge in [-0.25, -0.2) is 14.8 Å². The molecule has 2 amide bonds. The van der Waals surface area contributed by atoms with Gasteiger partial charge in [-0.1, -0.05) is 11.6 Å². The zero-order valence-corrected chi connectivity index (χ0v) is 17.7. The minimum absolute atomic E-state index is 0.198. The van der Waals surface area contributed by atoms with E-state index in [0.717, 1.165) is 12.8 Å². The molecule has 0 saturated heterocycles. The monoisotopic (exact) mass is 451 g/mol. The molecule has 162 valence electrons. The Kier molecular flexibility index (Phi) is 4.82. The minimum atomic E-state index is -0.520. The van der Waals surface area contributed by atoms with Crippen molar-refractivity contribution in [3.05, 3.63) is 59.6 Å². The topological polar surface area (TPSA) is 122 Å². The number of halogens is 1. The predicted octanol–water partition coefficient (Wildman–Crippen LogP) is 5.22. The Morgan fingerprint density at radius 2 is 2.03 bits per heavy atom. The summed E-state index contributed by atoms with van der Waals surface area (Å²) in [6, 6.07) is 9.97. The maximum atomic E-state index is 12.2. The molecule has 0 bridgehead atoms. The Morgan fingerprint density at radius 1 is 1.19 bits per heavy atom. The van der Waals surface area contributed by atoms with E-state index < -0.39 is 6.09 Å². The summed E-state index contributed by atoms with van der Waals surface area (Å²) in [5.74, 6) is 0.290. The number of carbonyl (C=O) groups is 2. The number of fused-ring (bicyclic) bond motifs is 1. The van der Waals surface area contributed by atoms with Gasteiger partial charge in [0.15, 0.2) is 11.4 Å². The van der Waals surface area contributed by atoms with E-state index in [0.29, 0.717) is 38.9 Å². The molecule has 10 heteroatoms. The van der Waals surface area contributed by atoms with Crippen LogP contribution in [0.1, 0.15) is 30.3 Å². The van der Waals surface area contributed by atoms with Crippen molar-refractivity contribution in [1.29, 1.82) is 0 Å². The molecule has 5 rings (SSSR count). The number of furan rings is 1. The fourth-order valence-corrected chi connectivity index (χ4v) is 3.33. The van der Waals surface area contributed by atoms with Crippen molar-refractivity contribution >= 4 is 46.1 Å². The molecule has 4 aromatic rings. The summed E-state index contributed by atoms with van der Waals surface area (Å²) in [6.07, 6.45) is 4.14. The van der Waals surface area contributed by atoms with Crippen LogP contribution >= 0.6 is 11.6 Å². The largest absolute Gasteiger partial charge is 0.459 e. The number of aromatic nitrogens is 3. The number of hydrogen-bond donors (Lipinski definition) is 3. The molecular weight excluding hydrogens is 434 g/mol. The normalized spacial score (nSPS) is 14.2. The maximum absolute atomic E-state index is 12.2. The average Bonchev–Trinajstić information content (AvgIpc) is 3.16. The summed E-state index contributed by atoms with van der Waals surface area (Å²) in [6.45, 7) is 1.89. The van der Waals surface area contributed by atoms with Gasteiger partial charge in [-0.2, -0.15) is 0 Å². The van der Waals surface area contributed by atoms with Gasteiger partial charge in [0.2, 0.25) is 0 Å². The van der Waals surface area contributed by atoms with E-state index in [2.05, 4.69) is 25.6 Å². The van der Waals surface area contributed by atoms with Gasteiger partial charge in [0, 0.05) is 11.3 Å². The lowest BCUT2D eigenvalue weighted by atomic mass is 10.2. The second-order valence-corrected chi connectivity index (χ2v) is 8.18. The molecule has 1 fully saturated rings. The van der Waals surface area contributed by atoms with Crippen molar-refractivity contribution in [3.63, 3.8) is 0 Å². The van der Waals surface area contributed by atoms with Crippen LogP contribution in [0, 0.1) is 0 Å². The molecule has 0 unspecified atom stereocenters. The molecule has 1 aliphatic carbocycles. The highest BCUT2D eigenvalue weighted by atomic mass is 35.5. The van der Waals surface area contributed by atoms with E-state index in [-0.39, 0.29) is 17.3 Å². The molecule has 3 N–H and O–H groups in total. The molecule has 1 saturated carbocycles.